The fourth-order valence-corrected chi connectivity index (χ4v) is 3.45. The van der Waals surface area contributed by atoms with Crippen molar-refractivity contribution in [3.8, 4) is 5.69 Å². The Labute approximate surface area is 182 Å². The first-order valence-corrected chi connectivity index (χ1v) is 10.4. The molecule has 2 aromatic heterocycles. The van der Waals surface area contributed by atoms with Crippen LogP contribution in [-0.4, -0.2) is 40.8 Å². The number of nitrogens with one attached hydrogen (secondary N) is 1. The molecule has 1 aromatic carbocycles. The normalized spacial score (nSPS) is 12.0. The molecule has 0 amide bonds. The first-order chi connectivity index (χ1) is 14.5. The number of hydrogen-bond acceptors (Lipinski definition) is 5. The van der Waals surface area contributed by atoms with Gasteiger partial charge in [-0.3, -0.25) is 4.79 Å². The molecule has 0 bridgehead atoms. The van der Waals surface area contributed by atoms with Crippen LogP contribution in [0.4, 0.5) is 5.82 Å². The maximum atomic E-state index is 12.8. The highest BCUT2D eigenvalue weighted by Gasteiger charge is 2.17. The Morgan fingerprint density at radius 2 is 2.10 bits per heavy atom. The van der Waals surface area contributed by atoms with E-state index in [1.807, 2.05) is 61.0 Å². The molecule has 6 nitrogen and oxygen atoms in total. The Balaban J connectivity index is 1.63. The molecule has 0 radical (unpaired) electrons. The summed E-state index contributed by atoms with van der Waals surface area (Å²) in [5.74, 6) is 0.735. The van der Waals surface area contributed by atoms with Crippen molar-refractivity contribution in [3.63, 3.8) is 0 Å². The van der Waals surface area contributed by atoms with E-state index in [4.69, 9.17) is 16.3 Å². The molecule has 2 heterocycles. The average Bonchev–Trinajstić information content (AvgIpc) is 3.13. The number of carbonyl (C=O) groups excluding carboxylic acids is 1. The van der Waals surface area contributed by atoms with Crippen molar-refractivity contribution in [2.75, 3.05) is 25.6 Å². The summed E-state index contributed by atoms with van der Waals surface area (Å²) in [4.78, 5) is 17.2. The van der Waals surface area contributed by atoms with E-state index in [0.29, 0.717) is 31.0 Å². The van der Waals surface area contributed by atoms with Gasteiger partial charge in [0.2, 0.25) is 0 Å². The molecule has 1 atom stereocenters. The van der Waals surface area contributed by atoms with Crippen molar-refractivity contribution in [1.82, 2.24) is 14.8 Å². The van der Waals surface area contributed by atoms with Gasteiger partial charge in [-0.25, -0.2) is 9.67 Å². The van der Waals surface area contributed by atoms with Gasteiger partial charge in [-0.1, -0.05) is 30.7 Å². The molecule has 1 unspecified atom stereocenters. The molecule has 0 aliphatic rings. The third-order valence-electron chi connectivity index (χ3n) is 4.97. The monoisotopic (exact) mass is 426 g/mol. The molecule has 0 saturated carbocycles. The highest BCUT2D eigenvalue weighted by molar-refractivity contribution is 6.30. The van der Waals surface area contributed by atoms with E-state index in [-0.39, 0.29) is 11.7 Å². The molecule has 7 heteroatoms. The van der Waals surface area contributed by atoms with Crippen molar-refractivity contribution in [3.05, 3.63) is 70.6 Å². The number of pyridine rings is 1. The Hall–Kier alpha value is -2.70. The van der Waals surface area contributed by atoms with Gasteiger partial charge in [-0.15, -0.1) is 0 Å². The lowest BCUT2D eigenvalue weighted by Crippen LogP contribution is -2.13. The van der Waals surface area contributed by atoms with Crippen molar-refractivity contribution in [2.24, 2.45) is 0 Å². The van der Waals surface area contributed by atoms with Crippen LogP contribution in [0.25, 0.3) is 5.69 Å². The molecule has 0 fully saturated rings. The van der Waals surface area contributed by atoms with Crippen molar-refractivity contribution in [2.45, 2.75) is 32.6 Å². The molecule has 3 aromatic rings. The maximum Gasteiger partial charge on any atom is 0.140 e. The summed E-state index contributed by atoms with van der Waals surface area (Å²) in [6.45, 7) is 5.18. The largest absolute Gasteiger partial charge is 0.383 e. The Morgan fingerprint density at radius 1 is 1.27 bits per heavy atom. The first-order valence-electron chi connectivity index (χ1n) is 10.0. The lowest BCUT2D eigenvalue weighted by atomic mass is 9.95. The average molecular weight is 427 g/mol. The van der Waals surface area contributed by atoms with Crippen LogP contribution in [0.5, 0.6) is 0 Å². The van der Waals surface area contributed by atoms with E-state index in [1.54, 1.807) is 13.3 Å². The molecule has 30 heavy (non-hydrogen) atoms. The molecule has 0 aliphatic carbocycles. The molecule has 1 N–H and O–H groups in total. The number of aryl methyl sites for hydroxylation is 2. The van der Waals surface area contributed by atoms with Gasteiger partial charge in [-0.2, -0.15) is 5.10 Å². The second kappa shape index (κ2) is 10.4. The minimum absolute atomic E-state index is 0.174. The van der Waals surface area contributed by atoms with Crippen LogP contribution >= 0.6 is 11.6 Å². The number of ether oxygens (including phenoxy) is 1. The lowest BCUT2D eigenvalue weighted by molar-refractivity contribution is -0.120. The third-order valence-corrected chi connectivity index (χ3v) is 5.20. The van der Waals surface area contributed by atoms with Gasteiger partial charge in [0.1, 0.15) is 11.6 Å². The van der Waals surface area contributed by atoms with E-state index in [9.17, 15) is 4.79 Å². The van der Waals surface area contributed by atoms with Crippen LogP contribution in [0.1, 0.15) is 36.2 Å². The van der Waals surface area contributed by atoms with Gasteiger partial charge >= 0.3 is 0 Å². The van der Waals surface area contributed by atoms with Gasteiger partial charge in [-0.05, 0) is 49.2 Å². The number of hydrogen-bond donors (Lipinski definition) is 1. The number of benzene rings is 1. The number of rotatable bonds is 10. The smallest absolute Gasteiger partial charge is 0.140 e. The summed E-state index contributed by atoms with van der Waals surface area (Å²) >= 11 is 6.13. The molecular formula is C23H27ClN4O2. The molecule has 3 rings (SSSR count). The SMILES string of the molecule is COCCNc1ccc(C(C)C(=O)CCc2cc(C)nn2-c2cccc(Cl)c2)cn1. The summed E-state index contributed by atoms with van der Waals surface area (Å²) in [7, 11) is 1.66. The van der Waals surface area contributed by atoms with Gasteiger partial charge in [0.05, 0.1) is 18.0 Å². The van der Waals surface area contributed by atoms with Gasteiger partial charge in [0, 0.05) is 42.9 Å². The van der Waals surface area contributed by atoms with Gasteiger partial charge in [0.15, 0.2) is 0 Å². The predicted octanol–water partition coefficient (Wildman–Crippen LogP) is 4.59. The lowest BCUT2D eigenvalue weighted by Gasteiger charge is -2.12. The number of Topliss-reactive ketones (excluding diaryl/α,β-unsaturated/α-hetero) is 1. The van der Waals surface area contributed by atoms with E-state index in [1.165, 1.54) is 0 Å². The van der Waals surface area contributed by atoms with Crippen LogP contribution in [0, 0.1) is 6.92 Å². The van der Waals surface area contributed by atoms with Crippen LogP contribution < -0.4 is 5.32 Å². The first kappa shape index (κ1) is 22.0. The standard InChI is InChI=1S/C23H27ClN4O2/c1-16-13-21(28(27-16)20-6-4-5-19(24)14-20)8-9-22(29)17(2)18-7-10-23(26-15-18)25-11-12-30-3/h4-7,10,13-15,17H,8-9,11-12H2,1-3H3,(H,25,26). The third kappa shape index (κ3) is 5.68. The molecule has 158 valence electrons. The predicted molar refractivity (Wildman–Crippen MR) is 120 cm³/mol. The molecule has 0 spiro atoms. The summed E-state index contributed by atoms with van der Waals surface area (Å²) in [5, 5.41) is 8.40. The number of anilines is 1. The zero-order chi connectivity index (χ0) is 21.5. The topological polar surface area (TPSA) is 69.0 Å². The highest BCUT2D eigenvalue weighted by Crippen LogP contribution is 2.22. The van der Waals surface area contributed by atoms with Crippen molar-refractivity contribution < 1.29 is 9.53 Å². The fourth-order valence-electron chi connectivity index (χ4n) is 3.26. The highest BCUT2D eigenvalue weighted by atomic mass is 35.5. The van der Waals surface area contributed by atoms with Crippen LogP contribution in [0.3, 0.4) is 0 Å². The van der Waals surface area contributed by atoms with E-state index >= 15 is 0 Å². The number of ketones is 1. The number of methoxy groups -OCH3 is 1. The summed E-state index contributed by atoms with van der Waals surface area (Å²) in [6, 6.07) is 13.4. The zero-order valence-electron chi connectivity index (χ0n) is 17.6. The number of carbonyl (C=O) groups is 1. The van der Waals surface area contributed by atoms with Crippen LogP contribution in [0.2, 0.25) is 5.02 Å². The minimum Gasteiger partial charge on any atom is -0.383 e. The van der Waals surface area contributed by atoms with E-state index in [2.05, 4.69) is 15.4 Å². The zero-order valence-corrected chi connectivity index (χ0v) is 18.3. The quantitative estimate of drug-likeness (QED) is 0.480. The Bertz CT molecular complexity index is 985. The number of halogens is 1. The Kier molecular flexibility index (Phi) is 7.60. The second-order valence-electron chi connectivity index (χ2n) is 7.25. The van der Waals surface area contributed by atoms with Gasteiger partial charge in [0.25, 0.3) is 0 Å². The summed E-state index contributed by atoms with van der Waals surface area (Å²) < 4.78 is 6.88. The van der Waals surface area contributed by atoms with Crippen LogP contribution in [-0.2, 0) is 16.0 Å². The number of aromatic nitrogens is 3. The van der Waals surface area contributed by atoms with E-state index in [0.717, 1.165) is 28.5 Å². The summed E-state index contributed by atoms with van der Waals surface area (Å²) in [5.41, 5.74) is 3.71. The minimum atomic E-state index is -0.214. The fraction of sp³-hybridized carbons (Fsp3) is 0.348. The van der Waals surface area contributed by atoms with E-state index < -0.39 is 0 Å². The van der Waals surface area contributed by atoms with Crippen molar-refractivity contribution >= 4 is 23.2 Å². The Morgan fingerprint density at radius 3 is 2.80 bits per heavy atom. The molecular weight excluding hydrogens is 400 g/mol. The maximum absolute atomic E-state index is 12.8. The summed E-state index contributed by atoms with van der Waals surface area (Å²) in [6.07, 6.45) is 2.80. The second-order valence-corrected chi connectivity index (χ2v) is 7.69. The molecule has 0 aliphatic heterocycles. The van der Waals surface area contributed by atoms with Crippen molar-refractivity contribution in [1.29, 1.82) is 0 Å². The number of nitrogens with zero attached hydrogens (tertiary/aromatic N) is 3. The van der Waals surface area contributed by atoms with Crippen LogP contribution in [0.15, 0.2) is 48.7 Å². The molecule has 0 saturated heterocycles. The van der Waals surface area contributed by atoms with Gasteiger partial charge < -0.3 is 10.1 Å².